The molecule has 0 radical (unpaired) electrons. The maximum Gasteiger partial charge on any atom is 0.241 e. The highest BCUT2D eigenvalue weighted by atomic mass is 127. The van der Waals surface area contributed by atoms with Gasteiger partial charge in [-0.15, -0.1) is 24.0 Å². The number of rotatable bonds is 6. The van der Waals surface area contributed by atoms with Gasteiger partial charge in [-0.1, -0.05) is 20.8 Å². The van der Waals surface area contributed by atoms with Gasteiger partial charge in [0, 0.05) is 18.5 Å². The molecule has 0 bridgehead atoms. The van der Waals surface area contributed by atoms with E-state index < -0.39 is 0 Å². The van der Waals surface area contributed by atoms with E-state index in [0.717, 1.165) is 5.76 Å². The zero-order chi connectivity index (χ0) is 16.6. The van der Waals surface area contributed by atoms with Crippen LogP contribution in [0.2, 0.25) is 0 Å². The predicted octanol–water partition coefficient (Wildman–Crippen LogP) is 1.78. The molecule has 1 heterocycles. The molecule has 1 amide bonds. The second-order valence-corrected chi connectivity index (χ2v) is 5.87. The van der Waals surface area contributed by atoms with Gasteiger partial charge in [0.25, 0.3) is 0 Å². The molecule has 3 N–H and O–H groups in total. The van der Waals surface area contributed by atoms with Gasteiger partial charge in [-0.25, -0.2) is 9.98 Å². The summed E-state index contributed by atoms with van der Waals surface area (Å²) in [4.78, 5) is 19.9. The summed E-state index contributed by atoms with van der Waals surface area (Å²) in [6.07, 6.45) is 1.75. The van der Waals surface area contributed by atoms with Crippen molar-refractivity contribution in [1.29, 1.82) is 0 Å². The quantitative estimate of drug-likeness (QED) is 0.359. The van der Waals surface area contributed by atoms with Crippen molar-refractivity contribution in [2.75, 3.05) is 19.6 Å². The highest BCUT2D eigenvalue weighted by molar-refractivity contribution is 14.0. The Bertz CT molecular complexity index is 508. The smallest absolute Gasteiger partial charge is 0.241 e. The molecule has 0 aromatic carbocycles. The summed E-state index contributed by atoms with van der Waals surface area (Å²) < 4.78 is 5.71. The van der Waals surface area contributed by atoms with Gasteiger partial charge in [0.2, 0.25) is 11.8 Å². The van der Waals surface area contributed by atoms with Crippen molar-refractivity contribution in [2.45, 2.75) is 46.6 Å². The number of carbonyl (C=O) groups excluding carboxylic acids is 1. The molecular weight excluding hydrogens is 409 g/mol. The summed E-state index contributed by atoms with van der Waals surface area (Å²) >= 11 is 0. The molecule has 0 saturated heterocycles. The standard InChI is InChI=1S/C15H27N5O2.HI/c1-6-16-12(21)9-19-14(17-7-2)20-10-13-18-8-11(22-13)15(3,4)5;/h8H,6-7,9-10H2,1-5H3,(H,16,21)(H2,17,19,20);1H. The summed E-state index contributed by atoms with van der Waals surface area (Å²) in [5, 5.41) is 8.88. The van der Waals surface area contributed by atoms with Crippen molar-refractivity contribution in [3.8, 4) is 0 Å². The molecule has 7 nitrogen and oxygen atoms in total. The van der Waals surface area contributed by atoms with Crippen LogP contribution in [0.15, 0.2) is 15.6 Å². The van der Waals surface area contributed by atoms with Crippen molar-refractivity contribution in [3.63, 3.8) is 0 Å². The van der Waals surface area contributed by atoms with Gasteiger partial charge in [0.05, 0.1) is 12.7 Å². The van der Waals surface area contributed by atoms with E-state index in [2.05, 4.69) is 46.7 Å². The van der Waals surface area contributed by atoms with E-state index in [1.807, 2.05) is 13.8 Å². The van der Waals surface area contributed by atoms with Gasteiger partial charge in [0.15, 0.2) is 5.96 Å². The van der Waals surface area contributed by atoms with Crippen LogP contribution in [0.5, 0.6) is 0 Å². The number of aliphatic imine (C=N–C) groups is 1. The van der Waals surface area contributed by atoms with Crippen LogP contribution in [0.1, 0.15) is 46.3 Å². The number of carbonyl (C=O) groups is 1. The lowest BCUT2D eigenvalue weighted by molar-refractivity contribution is -0.119. The molecule has 0 spiro atoms. The van der Waals surface area contributed by atoms with Crippen LogP contribution >= 0.6 is 24.0 Å². The van der Waals surface area contributed by atoms with Crippen molar-refractivity contribution in [1.82, 2.24) is 20.9 Å². The molecule has 0 unspecified atom stereocenters. The summed E-state index contributed by atoms with van der Waals surface area (Å²) in [6, 6.07) is 0. The minimum absolute atomic E-state index is 0. The van der Waals surface area contributed by atoms with Gasteiger partial charge < -0.3 is 20.4 Å². The van der Waals surface area contributed by atoms with Crippen LogP contribution in [0.4, 0.5) is 0 Å². The average molecular weight is 437 g/mol. The molecule has 0 aliphatic heterocycles. The van der Waals surface area contributed by atoms with Crippen LogP contribution < -0.4 is 16.0 Å². The monoisotopic (exact) mass is 437 g/mol. The van der Waals surface area contributed by atoms with E-state index in [1.165, 1.54) is 0 Å². The first-order valence-electron chi connectivity index (χ1n) is 7.60. The van der Waals surface area contributed by atoms with Crippen LogP contribution in [0, 0.1) is 0 Å². The second kappa shape index (κ2) is 10.5. The fourth-order valence-electron chi connectivity index (χ4n) is 1.64. The van der Waals surface area contributed by atoms with Gasteiger partial charge in [-0.2, -0.15) is 0 Å². The van der Waals surface area contributed by atoms with Gasteiger partial charge >= 0.3 is 0 Å². The Morgan fingerprint density at radius 3 is 2.39 bits per heavy atom. The second-order valence-electron chi connectivity index (χ2n) is 5.87. The van der Waals surface area contributed by atoms with E-state index in [0.29, 0.717) is 31.5 Å². The number of aromatic nitrogens is 1. The molecule has 0 saturated carbocycles. The lowest BCUT2D eigenvalue weighted by Gasteiger charge is -2.13. The molecule has 1 aromatic rings. The zero-order valence-electron chi connectivity index (χ0n) is 14.5. The fourth-order valence-corrected chi connectivity index (χ4v) is 1.64. The first kappa shape index (κ1) is 21.7. The number of nitrogens with zero attached hydrogens (tertiary/aromatic N) is 2. The topological polar surface area (TPSA) is 91.5 Å². The first-order chi connectivity index (χ1) is 10.4. The molecule has 0 atom stereocenters. The molecule has 132 valence electrons. The number of oxazole rings is 1. The van der Waals surface area contributed by atoms with Crippen LogP contribution in [-0.4, -0.2) is 36.5 Å². The highest BCUT2D eigenvalue weighted by Gasteiger charge is 2.19. The minimum atomic E-state index is -0.106. The Morgan fingerprint density at radius 2 is 1.87 bits per heavy atom. The van der Waals surface area contributed by atoms with Crippen LogP contribution in [-0.2, 0) is 16.8 Å². The first-order valence-corrected chi connectivity index (χ1v) is 7.60. The van der Waals surface area contributed by atoms with Crippen molar-refractivity contribution in [2.24, 2.45) is 4.99 Å². The third kappa shape index (κ3) is 8.19. The minimum Gasteiger partial charge on any atom is -0.443 e. The maximum atomic E-state index is 11.4. The maximum absolute atomic E-state index is 11.4. The SMILES string of the molecule is CCNC(=O)CN=C(NCC)NCc1ncc(C(C)(C)C)o1.I. The average Bonchev–Trinajstić information content (AvgIpc) is 2.91. The molecule has 0 aliphatic rings. The molecule has 0 fully saturated rings. The fraction of sp³-hybridized carbons (Fsp3) is 0.667. The molecule has 1 aromatic heterocycles. The molecule has 23 heavy (non-hydrogen) atoms. The van der Waals surface area contributed by atoms with E-state index in [1.54, 1.807) is 6.20 Å². The number of hydrogen-bond acceptors (Lipinski definition) is 4. The number of hydrogen-bond donors (Lipinski definition) is 3. The lowest BCUT2D eigenvalue weighted by atomic mass is 9.94. The van der Waals surface area contributed by atoms with Crippen LogP contribution in [0.25, 0.3) is 0 Å². The molecule has 8 heteroatoms. The molecule has 0 aliphatic carbocycles. The van der Waals surface area contributed by atoms with Crippen LogP contribution in [0.3, 0.4) is 0 Å². The summed E-state index contributed by atoms with van der Waals surface area (Å²) in [5.74, 6) is 1.89. The highest BCUT2D eigenvalue weighted by Crippen LogP contribution is 2.22. The molecule has 1 rings (SSSR count). The predicted molar refractivity (Wildman–Crippen MR) is 102 cm³/mol. The van der Waals surface area contributed by atoms with E-state index in [-0.39, 0.29) is 41.8 Å². The Kier molecular flexibility index (Phi) is 9.85. The normalized spacial score (nSPS) is 11.6. The Balaban J connectivity index is 0.00000484. The number of guanidine groups is 1. The van der Waals surface area contributed by atoms with Crippen molar-refractivity contribution in [3.05, 3.63) is 17.8 Å². The number of nitrogens with one attached hydrogen (secondary N) is 3. The number of likely N-dealkylation sites (N-methyl/N-ethyl adjacent to an activating group) is 1. The number of amides is 1. The molecular formula is C15H28IN5O2. The lowest BCUT2D eigenvalue weighted by Crippen LogP contribution is -2.38. The Morgan fingerprint density at radius 1 is 1.22 bits per heavy atom. The van der Waals surface area contributed by atoms with E-state index in [4.69, 9.17) is 4.42 Å². The summed E-state index contributed by atoms with van der Waals surface area (Å²) in [7, 11) is 0. The largest absolute Gasteiger partial charge is 0.443 e. The van der Waals surface area contributed by atoms with E-state index in [9.17, 15) is 4.79 Å². The third-order valence-electron chi connectivity index (χ3n) is 2.80. The zero-order valence-corrected chi connectivity index (χ0v) is 16.9. The Labute approximate surface area is 155 Å². The van der Waals surface area contributed by atoms with Crippen molar-refractivity contribution >= 4 is 35.8 Å². The Hall–Kier alpha value is -1.32. The summed E-state index contributed by atoms with van der Waals surface area (Å²) in [5.41, 5.74) is -0.0674. The summed E-state index contributed by atoms with van der Waals surface area (Å²) in [6.45, 7) is 11.9. The third-order valence-corrected chi connectivity index (χ3v) is 2.80. The van der Waals surface area contributed by atoms with Gasteiger partial charge in [-0.05, 0) is 13.8 Å². The van der Waals surface area contributed by atoms with Gasteiger partial charge in [-0.3, -0.25) is 4.79 Å². The van der Waals surface area contributed by atoms with E-state index >= 15 is 0 Å². The van der Waals surface area contributed by atoms with Gasteiger partial charge in [0.1, 0.15) is 12.3 Å². The number of halogens is 1. The van der Waals surface area contributed by atoms with Crippen molar-refractivity contribution < 1.29 is 9.21 Å².